The molecule has 0 unspecified atom stereocenters. The van der Waals surface area contributed by atoms with Crippen molar-refractivity contribution in [1.29, 1.82) is 0 Å². The van der Waals surface area contributed by atoms with Crippen LogP contribution in [0.5, 0.6) is 5.75 Å². The molecule has 0 fully saturated rings. The van der Waals surface area contributed by atoms with Gasteiger partial charge in [-0.05, 0) is 64.9 Å². The molecule has 0 saturated heterocycles. The predicted octanol–water partition coefficient (Wildman–Crippen LogP) is 7.37. The number of esters is 1. The average molecular weight is 507 g/mol. The van der Waals surface area contributed by atoms with Crippen molar-refractivity contribution in [3.05, 3.63) is 125 Å². The van der Waals surface area contributed by atoms with Crippen molar-refractivity contribution in [3.63, 3.8) is 0 Å². The number of carbonyl (C=O) groups is 2. The highest BCUT2D eigenvalue weighted by molar-refractivity contribution is 5.90. The molecule has 0 aliphatic heterocycles. The number of carbonyl (C=O) groups excluding carboxylic acids is 2. The lowest BCUT2D eigenvalue weighted by Gasteiger charge is -2.30. The van der Waals surface area contributed by atoms with Gasteiger partial charge in [0.15, 0.2) is 0 Å². The van der Waals surface area contributed by atoms with Crippen molar-refractivity contribution in [1.82, 2.24) is 0 Å². The van der Waals surface area contributed by atoms with Crippen molar-refractivity contribution in [2.24, 2.45) is 0 Å². The van der Waals surface area contributed by atoms with Gasteiger partial charge in [0.1, 0.15) is 19.0 Å². The highest BCUT2D eigenvalue weighted by Gasteiger charge is 2.45. The van der Waals surface area contributed by atoms with Crippen LogP contribution in [-0.4, -0.2) is 25.3 Å². The van der Waals surface area contributed by atoms with Gasteiger partial charge in [-0.2, -0.15) is 0 Å². The van der Waals surface area contributed by atoms with E-state index in [1.165, 1.54) is 5.56 Å². The first-order valence-electron chi connectivity index (χ1n) is 13.0. The molecule has 0 amide bonds. The molecule has 192 valence electrons. The van der Waals surface area contributed by atoms with Crippen molar-refractivity contribution < 1.29 is 23.8 Å². The van der Waals surface area contributed by atoms with E-state index in [1.807, 2.05) is 78.9 Å². The summed E-state index contributed by atoms with van der Waals surface area (Å²) in [5, 5.41) is 0. The maximum atomic E-state index is 13.1. The molecule has 0 bridgehead atoms. The molecule has 4 aromatic carbocycles. The van der Waals surface area contributed by atoms with Gasteiger partial charge in [0.2, 0.25) is 0 Å². The minimum atomic E-state index is -0.875. The van der Waals surface area contributed by atoms with Gasteiger partial charge in [0.05, 0.1) is 11.0 Å². The van der Waals surface area contributed by atoms with Crippen molar-refractivity contribution in [2.75, 3.05) is 13.2 Å². The number of hydrogen-bond acceptors (Lipinski definition) is 5. The van der Waals surface area contributed by atoms with E-state index in [0.717, 1.165) is 41.5 Å². The normalized spacial score (nSPS) is 12.8. The molecule has 5 nitrogen and oxygen atoms in total. The fourth-order valence-electron chi connectivity index (χ4n) is 5.03. The smallest absolute Gasteiger partial charge is 0.461 e. The first kappa shape index (κ1) is 25.3. The average Bonchev–Trinajstić information content (AvgIpc) is 3.24. The topological polar surface area (TPSA) is 61.8 Å². The van der Waals surface area contributed by atoms with E-state index in [0.29, 0.717) is 11.3 Å². The standard InChI is InChI=1S/C33H30O5/c1-2-3-11-24-18-20-25(21-19-24)31(34)36-22-33(23-37-32(35)38-26-12-5-4-6-13-26)29-16-9-7-14-27(29)28-15-8-10-17-30(28)33/h4-10,12-21H,2-3,11,22-23H2,1H3. The third-order valence-electron chi connectivity index (χ3n) is 7.01. The van der Waals surface area contributed by atoms with Crippen LogP contribution in [0.2, 0.25) is 0 Å². The summed E-state index contributed by atoms with van der Waals surface area (Å²) in [4.78, 5) is 25.8. The predicted molar refractivity (Wildman–Crippen MR) is 146 cm³/mol. The number of aryl methyl sites for hydroxylation is 1. The quantitative estimate of drug-likeness (QED) is 0.175. The molecule has 5 heteroatoms. The van der Waals surface area contributed by atoms with Crippen LogP contribution in [0.25, 0.3) is 11.1 Å². The third-order valence-corrected chi connectivity index (χ3v) is 7.01. The first-order chi connectivity index (χ1) is 18.6. The lowest BCUT2D eigenvalue weighted by atomic mass is 9.79. The van der Waals surface area contributed by atoms with Crippen LogP contribution in [-0.2, 0) is 21.3 Å². The van der Waals surface area contributed by atoms with Gasteiger partial charge >= 0.3 is 12.1 Å². The van der Waals surface area contributed by atoms with Gasteiger partial charge in [-0.25, -0.2) is 9.59 Å². The molecule has 0 N–H and O–H groups in total. The van der Waals surface area contributed by atoms with Gasteiger partial charge in [0.25, 0.3) is 0 Å². The third kappa shape index (κ3) is 5.18. The number of rotatable bonds is 9. The van der Waals surface area contributed by atoms with Crippen LogP contribution in [0.15, 0.2) is 103 Å². The second-order valence-corrected chi connectivity index (χ2v) is 9.50. The Balaban J connectivity index is 1.40. The summed E-state index contributed by atoms with van der Waals surface area (Å²) >= 11 is 0. The fourth-order valence-corrected chi connectivity index (χ4v) is 5.03. The maximum absolute atomic E-state index is 13.1. The minimum absolute atomic E-state index is 0.00998. The zero-order chi connectivity index (χ0) is 26.4. The summed E-state index contributed by atoms with van der Waals surface area (Å²) in [6.45, 7) is 2.12. The molecule has 1 aliphatic carbocycles. The SMILES string of the molecule is CCCCc1ccc(C(=O)OCC2(COC(=O)Oc3ccccc3)c3ccccc3-c3ccccc32)cc1. The zero-order valence-electron chi connectivity index (χ0n) is 21.4. The summed E-state index contributed by atoms with van der Waals surface area (Å²) in [6, 6.07) is 32.3. The largest absolute Gasteiger partial charge is 0.513 e. The zero-order valence-corrected chi connectivity index (χ0v) is 21.4. The molecule has 38 heavy (non-hydrogen) atoms. The number of benzene rings is 4. The fraction of sp³-hybridized carbons (Fsp3) is 0.212. The molecule has 0 aromatic heterocycles. The Hall–Kier alpha value is -4.38. The Morgan fingerprint density at radius 3 is 1.89 bits per heavy atom. The highest BCUT2D eigenvalue weighted by atomic mass is 16.7. The number of ether oxygens (including phenoxy) is 3. The molecule has 1 aliphatic rings. The van der Waals surface area contributed by atoms with E-state index in [4.69, 9.17) is 14.2 Å². The Morgan fingerprint density at radius 1 is 0.684 bits per heavy atom. The number of fused-ring (bicyclic) bond motifs is 3. The highest BCUT2D eigenvalue weighted by Crippen LogP contribution is 2.49. The van der Waals surface area contributed by atoms with E-state index in [1.54, 1.807) is 24.3 Å². The van der Waals surface area contributed by atoms with E-state index >= 15 is 0 Å². The summed E-state index contributed by atoms with van der Waals surface area (Å²) in [7, 11) is 0. The Labute approximate surface area is 223 Å². The summed E-state index contributed by atoms with van der Waals surface area (Å²) < 4.78 is 17.0. The van der Waals surface area contributed by atoms with Crippen LogP contribution in [0.4, 0.5) is 4.79 Å². The van der Waals surface area contributed by atoms with Crippen molar-refractivity contribution in [2.45, 2.75) is 31.6 Å². The van der Waals surface area contributed by atoms with Gasteiger partial charge < -0.3 is 14.2 Å². The molecule has 0 saturated carbocycles. The first-order valence-corrected chi connectivity index (χ1v) is 13.0. The molecule has 0 radical (unpaired) electrons. The van der Waals surface area contributed by atoms with E-state index in [2.05, 4.69) is 6.92 Å². The van der Waals surface area contributed by atoms with Crippen molar-refractivity contribution in [3.8, 4) is 16.9 Å². The Morgan fingerprint density at radius 2 is 1.26 bits per heavy atom. The van der Waals surface area contributed by atoms with Gasteiger partial charge in [-0.15, -0.1) is 0 Å². The Kier molecular flexibility index (Phi) is 7.55. The van der Waals surface area contributed by atoms with E-state index in [9.17, 15) is 9.59 Å². The number of para-hydroxylation sites is 1. The van der Waals surface area contributed by atoms with Crippen LogP contribution in [0.3, 0.4) is 0 Å². The monoisotopic (exact) mass is 506 g/mol. The molecule has 4 aromatic rings. The summed E-state index contributed by atoms with van der Waals surface area (Å²) in [5.41, 5.74) is 4.75. The summed E-state index contributed by atoms with van der Waals surface area (Å²) in [5.74, 6) is -0.0206. The second kappa shape index (κ2) is 11.3. The summed E-state index contributed by atoms with van der Waals surface area (Å²) in [6.07, 6.45) is 2.40. The second-order valence-electron chi connectivity index (χ2n) is 9.50. The lowest BCUT2D eigenvalue weighted by molar-refractivity contribution is 0.0312. The van der Waals surface area contributed by atoms with E-state index in [-0.39, 0.29) is 13.2 Å². The lowest BCUT2D eigenvalue weighted by Crippen LogP contribution is -2.38. The molecule has 0 atom stereocenters. The van der Waals surface area contributed by atoms with Gasteiger partial charge in [0, 0.05) is 0 Å². The molecular formula is C33H30O5. The number of hydrogen-bond donors (Lipinski definition) is 0. The molecular weight excluding hydrogens is 476 g/mol. The van der Waals surface area contributed by atoms with Gasteiger partial charge in [-0.1, -0.05) is 92.2 Å². The molecule has 0 heterocycles. The van der Waals surface area contributed by atoms with Gasteiger partial charge in [-0.3, -0.25) is 0 Å². The molecule has 0 spiro atoms. The maximum Gasteiger partial charge on any atom is 0.513 e. The molecule has 5 rings (SSSR count). The van der Waals surface area contributed by atoms with E-state index < -0.39 is 17.5 Å². The van der Waals surface area contributed by atoms with Crippen molar-refractivity contribution >= 4 is 12.1 Å². The number of unbranched alkanes of at least 4 members (excludes halogenated alkanes) is 1. The van der Waals surface area contributed by atoms with Crippen LogP contribution < -0.4 is 4.74 Å². The van der Waals surface area contributed by atoms with Crippen LogP contribution >= 0.6 is 0 Å². The minimum Gasteiger partial charge on any atom is -0.461 e. The van der Waals surface area contributed by atoms with Crippen LogP contribution in [0.1, 0.15) is 46.8 Å². The van der Waals surface area contributed by atoms with Crippen LogP contribution in [0, 0.1) is 0 Å². The Bertz CT molecular complexity index is 1360.